The van der Waals surface area contributed by atoms with Crippen LogP contribution in [0, 0.1) is 6.92 Å². The minimum Gasteiger partial charge on any atom is -0.497 e. The second-order valence-corrected chi connectivity index (χ2v) is 8.34. The third kappa shape index (κ3) is 4.62. The lowest BCUT2D eigenvalue weighted by Gasteiger charge is -2.15. The van der Waals surface area contributed by atoms with Crippen molar-refractivity contribution in [3.8, 4) is 28.4 Å². The first-order chi connectivity index (χ1) is 15.2. The number of methoxy groups -OCH3 is 3. The number of anilines is 2. The number of aryl methyl sites for hydroxylation is 1. The van der Waals surface area contributed by atoms with Gasteiger partial charge in [0.15, 0.2) is 0 Å². The quantitative estimate of drug-likeness (QED) is 0.522. The Kier molecular flexibility index (Phi) is 6.58. The molecule has 0 fully saturated rings. The van der Waals surface area contributed by atoms with Gasteiger partial charge in [0, 0.05) is 13.0 Å². The predicted molar refractivity (Wildman–Crippen MR) is 118 cm³/mol. The largest absolute Gasteiger partial charge is 0.497 e. The van der Waals surface area contributed by atoms with Crippen LogP contribution in [0.3, 0.4) is 0 Å². The second-order valence-electron chi connectivity index (χ2n) is 6.69. The molecule has 0 aliphatic rings. The third-order valence-electron chi connectivity index (χ3n) is 4.55. The van der Waals surface area contributed by atoms with Crippen LogP contribution in [0.4, 0.5) is 11.6 Å². The van der Waals surface area contributed by atoms with Gasteiger partial charge in [0.1, 0.15) is 22.1 Å². The molecule has 0 radical (unpaired) electrons. The normalized spacial score (nSPS) is 11.0. The molecule has 1 aromatic heterocycles. The molecular weight excluding hydrogens is 438 g/mol. The number of aromatic nitrogens is 1. The molecule has 0 atom stereocenters. The number of ether oxygens (including phenoxy) is 3. The number of carbonyl (C=O) groups excluding carboxylic acids is 1. The number of nitrogens with one attached hydrogen (secondary N) is 2. The molecule has 10 nitrogen and oxygen atoms in total. The van der Waals surface area contributed by atoms with Gasteiger partial charge >= 0.3 is 0 Å². The fraction of sp³-hybridized carbons (Fsp3) is 0.238. The van der Waals surface area contributed by atoms with Crippen LogP contribution in [0.25, 0.3) is 11.1 Å². The fourth-order valence-corrected chi connectivity index (χ4v) is 4.35. The summed E-state index contributed by atoms with van der Waals surface area (Å²) in [6, 6.07) is 9.28. The van der Waals surface area contributed by atoms with Gasteiger partial charge in [-0.15, -0.1) is 0 Å². The van der Waals surface area contributed by atoms with Crippen LogP contribution in [0.5, 0.6) is 17.2 Å². The van der Waals surface area contributed by atoms with E-state index in [0.29, 0.717) is 22.6 Å². The van der Waals surface area contributed by atoms with E-state index in [1.54, 1.807) is 25.1 Å². The topological polar surface area (TPSA) is 129 Å². The van der Waals surface area contributed by atoms with Gasteiger partial charge in [0.2, 0.25) is 11.8 Å². The smallest absolute Gasteiger partial charge is 0.265 e. The van der Waals surface area contributed by atoms with E-state index >= 15 is 0 Å². The zero-order valence-electron chi connectivity index (χ0n) is 18.2. The Morgan fingerprint density at radius 1 is 1.00 bits per heavy atom. The summed E-state index contributed by atoms with van der Waals surface area (Å²) in [6.07, 6.45) is 0. The molecule has 0 aliphatic carbocycles. The van der Waals surface area contributed by atoms with E-state index in [4.69, 9.17) is 18.7 Å². The molecule has 1 amide bonds. The SMILES string of the molecule is COc1ccc(NS(=O)(=O)c2cc(-c3c(C)noc3NC(C)=O)ccc2OC)c(OC)c1. The standard InChI is InChI=1S/C21H23N3O7S/c1-12-20(21(31-23-12)22-13(2)25)14-6-9-17(29-4)19(10-14)32(26,27)24-16-8-7-15(28-3)11-18(16)30-5/h6-11,24H,1-5H3,(H,22,25). The number of hydrogen-bond donors (Lipinski definition) is 2. The van der Waals surface area contributed by atoms with Crippen LogP contribution in [-0.4, -0.2) is 40.8 Å². The Morgan fingerprint density at radius 2 is 1.72 bits per heavy atom. The van der Waals surface area contributed by atoms with Crippen molar-refractivity contribution in [1.82, 2.24) is 5.16 Å². The lowest BCUT2D eigenvalue weighted by atomic mass is 10.1. The van der Waals surface area contributed by atoms with Crippen LogP contribution >= 0.6 is 0 Å². The summed E-state index contributed by atoms with van der Waals surface area (Å²) in [4.78, 5) is 11.4. The maximum Gasteiger partial charge on any atom is 0.265 e. The molecular formula is C21H23N3O7S. The highest BCUT2D eigenvalue weighted by molar-refractivity contribution is 7.92. The lowest BCUT2D eigenvalue weighted by molar-refractivity contribution is -0.114. The van der Waals surface area contributed by atoms with Gasteiger partial charge in [0.05, 0.1) is 38.3 Å². The van der Waals surface area contributed by atoms with Crippen molar-refractivity contribution in [3.63, 3.8) is 0 Å². The van der Waals surface area contributed by atoms with E-state index in [1.807, 2.05) is 0 Å². The maximum atomic E-state index is 13.3. The number of sulfonamides is 1. The summed E-state index contributed by atoms with van der Waals surface area (Å²) >= 11 is 0. The van der Waals surface area contributed by atoms with Crippen molar-refractivity contribution in [2.45, 2.75) is 18.7 Å². The molecule has 3 rings (SSSR count). The van der Waals surface area contributed by atoms with Crippen LogP contribution in [0.15, 0.2) is 45.8 Å². The maximum absolute atomic E-state index is 13.3. The lowest BCUT2D eigenvalue weighted by Crippen LogP contribution is -2.15. The minimum absolute atomic E-state index is 0.119. The highest BCUT2D eigenvalue weighted by Gasteiger charge is 2.25. The first kappa shape index (κ1) is 22.9. The molecule has 0 spiro atoms. The van der Waals surface area contributed by atoms with Gasteiger partial charge in [-0.2, -0.15) is 0 Å². The molecule has 0 unspecified atom stereocenters. The van der Waals surface area contributed by atoms with Gasteiger partial charge in [-0.25, -0.2) is 8.42 Å². The highest BCUT2D eigenvalue weighted by atomic mass is 32.2. The van der Waals surface area contributed by atoms with E-state index in [0.717, 1.165) is 0 Å². The van der Waals surface area contributed by atoms with Crippen LogP contribution < -0.4 is 24.2 Å². The number of hydrogen-bond acceptors (Lipinski definition) is 8. The average molecular weight is 461 g/mol. The number of amides is 1. The average Bonchev–Trinajstić information content (AvgIpc) is 3.12. The van der Waals surface area contributed by atoms with Gasteiger partial charge in [-0.1, -0.05) is 11.2 Å². The third-order valence-corrected chi connectivity index (χ3v) is 5.93. The van der Waals surface area contributed by atoms with Gasteiger partial charge in [0.25, 0.3) is 10.0 Å². The van der Waals surface area contributed by atoms with Crippen LogP contribution in [0.1, 0.15) is 12.6 Å². The monoisotopic (exact) mass is 461 g/mol. The molecule has 2 aromatic carbocycles. The second kappa shape index (κ2) is 9.18. The first-order valence-corrected chi connectivity index (χ1v) is 10.9. The number of benzene rings is 2. The molecule has 11 heteroatoms. The first-order valence-electron chi connectivity index (χ1n) is 9.37. The van der Waals surface area contributed by atoms with Gasteiger partial charge in [-0.3, -0.25) is 14.8 Å². The molecule has 0 bridgehead atoms. The van der Waals surface area contributed by atoms with E-state index in [-0.39, 0.29) is 33.9 Å². The summed E-state index contributed by atoms with van der Waals surface area (Å²) in [7, 11) is 0.185. The van der Waals surface area contributed by atoms with Crippen molar-refractivity contribution in [1.29, 1.82) is 0 Å². The predicted octanol–water partition coefficient (Wildman–Crippen LogP) is 3.44. The van der Waals surface area contributed by atoms with Crippen molar-refractivity contribution < 1.29 is 31.9 Å². The van der Waals surface area contributed by atoms with E-state index < -0.39 is 10.0 Å². The number of carbonyl (C=O) groups is 1. The van der Waals surface area contributed by atoms with Crippen molar-refractivity contribution in [2.75, 3.05) is 31.4 Å². The minimum atomic E-state index is -4.10. The summed E-state index contributed by atoms with van der Waals surface area (Å²) < 4.78 is 50.0. The molecule has 170 valence electrons. The summed E-state index contributed by atoms with van der Waals surface area (Å²) in [5, 5.41) is 6.43. The zero-order valence-corrected chi connectivity index (χ0v) is 19.0. The Bertz CT molecular complexity index is 1250. The number of nitrogens with zero attached hydrogens (tertiary/aromatic N) is 1. The Labute approximate surface area is 185 Å². The molecule has 2 N–H and O–H groups in total. The summed E-state index contributed by atoms with van der Waals surface area (Å²) in [5.41, 5.74) is 1.63. The van der Waals surface area contributed by atoms with Gasteiger partial charge < -0.3 is 18.7 Å². The van der Waals surface area contributed by atoms with Gasteiger partial charge in [-0.05, 0) is 36.8 Å². The van der Waals surface area contributed by atoms with E-state index in [2.05, 4.69) is 15.2 Å². The summed E-state index contributed by atoms with van der Waals surface area (Å²) in [5.74, 6) is 0.693. The summed E-state index contributed by atoms with van der Waals surface area (Å²) in [6.45, 7) is 3.01. The van der Waals surface area contributed by atoms with Crippen LogP contribution in [0.2, 0.25) is 0 Å². The molecule has 0 saturated carbocycles. The highest BCUT2D eigenvalue weighted by Crippen LogP contribution is 2.37. The van der Waals surface area contributed by atoms with E-state index in [9.17, 15) is 13.2 Å². The molecule has 0 aliphatic heterocycles. The molecule has 0 saturated heterocycles. The van der Waals surface area contributed by atoms with Crippen molar-refractivity contribution >= 4 is 27.5 Å². The van der Waals surface area contributed by atoms with Crippen molar-refractivity contribution in [2.24, 2.45) is 0 Å². The number of rotatable bonds is 8. The molecule has 1 heterocycles. The fourth-order valence-electron chi connectivity index (χ4n) is 3.08. The Balaban J connectivity index is 2.08. The van der Waals surface area contributed by atoms with Crippen LogP contribution in [-0.2, 0) is 14.8 Å². The molecule has 32 heavy (non-hydrogen) atoms. The van der Waals surface area contributed by atoms with E-state index in [1.165, 1.54) is 46.5 Å². The van der Waals surface area contributed by atoms with Crippen molar-refractivity contribution in [3.05, 3.63) is 42.1 Å². The molecule has 3 aromatic rings. The Morgan fingerprint density at radius 3 is 2.34 bits per heavy atom. The Hall–Kier alpha value is -3.73. The zero-order chi connectivity index (χ0) is 23.5.